The molecule has 6 nitrogen and oxygen atoms in total. The first kappa shape index (κ1) is 12.0. The van der Waals surface area contributed by atoms with Crippen LogP contribution in [0.3, 0.4) is 0 Å². The number of hydrogen-bond acceptors (Lipinski definition) is 4. The van der Waals surface area contributed by atoms with Crippen LogP contribution in [-0.2, 0) is 0 Å². The molecule has 0 fully saturated rings. The van der Waals surface area contributed by atoms with Gasteiger partial charge < -0.3 is 0 Å². The zero-order valence-electron chi connectivity index (χ0n) is 10.7. The van der Waals surface area contributed by atoms with Gasteiger partial charge in [0.25, 0.3) is 0 Å². The van der Waals surface area contributed by atoms with Gasteiger partial charge in [0.1, 0.15) is 17.7 Å². The van der Waals surface area contributed by atoms with Gasteiger partial charge in [0.2, 0.25) is 0 Å². The molecule has 0 saturated heterocycles. The Labute approximate surface area is 124 Å². The summed E-state index contributed by atoms with van der Waals surface area (Å²) in [6.07, 6.45) is 3.39. The van der Waals surface area contributed by atoms with E-state index in [9.17, 15) is 0 Å². The zero-order valence-corrected chi connectivity index (χ0v) is 11.5. The lowest BCUT2D eigenvalue weighted by Gasteiger charge is -2.02. The molecule has 1 N–H and O–H groups in total. The van der Waals surface area contributed by atoms with Crippen molar-refractivity contribution < 1.29 is 0 Å². The van der Waals surface area contributed by atoms with E-state index in [1.807, 2.05) is 42.6 Å². The summed E-state index contributed by atoms with van der Waals surface area (Å²) >= 11 is 5.92. The Morgan fingerprint density at radius 3 is 2.43 bits per heavy atom. The fourth-order valence-corrected chi connectivity index (χ4v) is 2.32. The molecule has 0 aliphatic rings. The van der Waals surface area contributed by atoms with E-state index in [0.29, 0.717) is 5.02 Å². The molecule has 0 unspecified atom stereocenters. The third-order valence-corrected chi connectivity index (χ3v) is 3.47. The topological polar surface area (TPSA) is 71.8 Å². The predicted molar refractivity (Wildman–Crippen MR) is 78.8 cm³/mol. The number of aromatic nitrogens is 6. The van der Waals surface area contributed by atoms with E-state index in [0.717, 1.165) is 28.2 Å². The molecule has 3 aromatic heterocycles. The normalized spacial score (nSPS) is 11.1. The summed E-state index contributed by atoms with van der Waals surface area (Å²) in [5.41, 5.74) is 4.17. The molecule has 0 radical (unpaired) electrons. The fraction of sp³-hybridized carbons (Fsp3) is 0. The van der Waals surface area contributed by atoms with Crippen LogP contribution in [0, 0.1) is 0 Å². The highest BCUT2D eigenvalue weighted by Gasteiger charge is 2.13. The first-order valence-electron chi connectivity index (χ1n) is 6.28. The summed E-state index contributed by atoms with van der Waals surface area (Å²) < 4.78 is 1.70. The number of pyridine rings is 1. The Balaban J connectivity index is 1.85. The molecular weight excluding hydrogens is 288 g/mol. The summed E-state index contributed by atoms with van der Waals surface area (Å²) in [5, 5.41) is 16.0. The summed E-state index contributed by atoms with van der Waals surface area (Å²) in [6, 6.07) is 11.3. The summed E-state index contributed by atoms with van der Waals surface area (Å²) in [5.74, 6) is 0. The summed E-state index contributed by atoms with van der Waals surface area (Å²) in [4.78, 5) is 4.12. The van der Waals surface area contributed by atoms with Crippen molar-refractivity contribution in [1.82, 2.24) is 30.0 Å². The Morgan fingerprint density at radius 1 is 0.905 bits per heavy atom. The maximum atomic E-state index is 5.92. The Bertz CT molecular complexity index is 909. The van der Waals surface area contributed by atoms with Crippen molar-refractivity contribution in [2.24, 2.45) is 0 Å². The minimum Gasteiger partial charge on any atom is -0.220 e. The highest BCUT2D eigenvalue weighted by Crippen LogP contribution is 2.28. The smallest absolute Gasteiger partial charge is 0.155 e. The molecule has 4 rings (SSSR count). The van der Waals surface area contributed by atoms with Crippen molar-refractivity contribution in [2.75, 3.05) is 0 Å². The van der Waals surface area contributed by atoms with E-state index in [1.54, 1.807) is 4.52 Å². The molecule has 0 atom stereocenters. The number of nitrogens with one attached hydrogen (secondary N) is 1. The van der Waals surface area contributed by atoms with Crippen molar-refractivity contribution in [3.05, 3.63) is 53.9 Å². The van der Waals surface area contributed by atoms with Gasteiger partial charge in [0.15, 0.2) is 5.65 Å². The highest BCUT2D eigenvalue weighted by atomic mass is 35.5. The lowest BCUT2D eigenvalue weighted by Crippen LogP contribution is -1.90. The number of nitrogens with zero attached hydrogens (tertiary/aromatic N) is 5. The van der Waals surface area contributed by atoms with Crippen LogP contribution in [0.25, 0.3) is 28.2 Å². The van der Waals surface area contributed by atoms with E-state index in [4.69, 9.17) is 11.6 Å². The molecule has 1 aromatic carbocycles. The highest BCUT2D eigenvalue weighted by molar-refractivity contribution is 6.30. The molecule has 0 saturated carbocycles. The number of hydrogen-bond donors (Lipinski definition) is 1. The molecule has 0 bridgehead atoms. The first-order valence-corrected chi connectivity index (χ1v) is 6.65. The second-order valence-electron chi connectivity index (χ2n) is 4.51. The predicted octanol–water partition coefficient (Wildman–Crippen LogP) is 2.83. The van der Waals surface area contributed by atoms with Gasteiger partial charge in [-0.05, 0) is 24.3 Å². The minimum absolute atomic E-state index is 0.688. The van der Waals surface area contributed by atoms with Gasteiger partial charge >= 0.3 is 0 Å². The van der Waals surface area contributed by atoms with Crippen LogP contribution in [0.15, 0.2) is 48.9 Å². The maximum Gasteiger partial charge on any atom is 0.155 e. The van der Waals surface area contributed by atoms with Crippen LogP contribution < -0.4 is 0 Å². The van der Waals surface area contributed by atoms with Crippen LogP contribution >= 0.6 is 11.6 Å². The molecular formula is C14H9ClN6. The molecule has 102 valence electrons. The standard InChI is InChI=1S/C14H9ClN6/c15-11-4-1-9(2-5-11)13-14(19-20-18-13)10-3-6-12-16-8-17-21(12)7-10/h1-8H,(H,18,19,20). The largest absolute Gasteiger partial charge is 0.220 e. The summed E-state index contributed by atoms with van der Waals surface area (Å²) in [7, 11) is 0. The zero-order chi connectivity index (χ0) is 14.2. The molecule has 21 heavy (non-hydrogen) atoms. The summed E-state index contributed by atoms with van der Waals surface area (Å²) in [6.45, 7) is 0. The van der Waals surface area contributed by atoms with Gasteiger partial charge in [-0.25, -0.2) is 9.50 Å². The first-order chi connectivity index (χ1) is 10.3. The lowest BCUT2D eigenvalue weighted by molar-refractivity contribution is 0.939. The Morgan fingerprint density at radius 2 is 1.62 bits per heavy atom. The number of aromatic amines is 1. The molecule has 0 aliphatic carbocycles. The molecule has 0 amide bonds. The number of halogens is 1. The Hall–Kier alpha value is -2.73. The van der Waals surface area contributed by atoms with Gasteiger partial charge in [-0.3, -0.25) is 0 Å². The van der Waals surface area contributed by atoms with E-state index in [2.05, 4.69) is 25.5 Å². The SMILES string of the molecule is Clc1ccc(-c2n[nH]nc2-c2ccc3ncnn3c2)cc1. The van der Waals surface area contributed by atoms with Crippen molar-refractivity contribution in [1.29, 1.82) is 0 Å². The van der Waals surface area contributed by atoms with Crippen molar-refractivity contribution >= 4 is 17.2 Å². The fourth-order valence-electron chi connectivity index (χ4n) is 2.20. The van der Waals surface area contributed by atoms with Crippen LogP contribution in [0.5, 0.6) is 0 Å². The molecule has 3 heterocycles. The van der Waals surface area contributed by atoms with Crippen molar-refractivity contribution in [2.45, 2.75) is 0 Å². The molecule has 0 aliphatic heterocycles. The van der Waals surface area contributed by atoms with Gasteiger partial charge in [-0.2, -0.15) is 20.5 Å². The monoisotopic (exact) mass is 296 g/mol. The van der Waals surface area contributed by atoms with Crippen molar-refractivity contribution in [3.63, 3.8) is 0 Å². The number of benzene rings is 1. The van der Waals surface area contributed by atoms with E-state index in [1.165, 1.54) is 6.33 Å². The minimum atomic E-state index is 0.688. The third kappa shape index (κ3) is 2.05. The second kappa shape index (κ2) is 4.68. The number of rotatable bonds is 2. The van der Waals surface area contributed by atoms with Crippen LogP contribution in [0.1, 0.15) is 0 Å². The van der Waals surface area contributed by atoms with E-state index < -0.39 is 0 Å². The van der Waals surface area contributed by atoms with Crippen LogP contribution in [-0.4, -0.2) is 30.0 Å². The number of fused-ring (bicyclic) bond motifs is 1. The second-order valence-corrected chi connectivity index (χ2v) is 4.94. The average Bonchev–Trinajstić information content (AvgIpc) is 3.16. The number of H-pyrrole nitrogens is 1. The molecule has 0 spiro atoms. The van der Waals surface area contributed by atoms with E-state index in [-0.39, 0.29) is 0 Å². The van der Waals surface area contributed by atoms with Gasteiger partial charge in [-0.1, -0.05) is 23.7 Å². The van der Waals surface area contributed by atoms with Gasteiger partial charge in [0.05, 0.1) is 0 Å². The third-order valence-electron chi connectivity index (χ3n) is 3.21. The molecule has 4 aromatic rings. The average molecular weight is 297 g/mol. The van der Waals surface area contributed by atoms with Crippen LogP contribution in [0.4, 0.5) is 0 Å². The quantitative estimate of drug-likeness (QED) is 0.617. The van der Waals surface area contributed by atoms with Crippen LogP contribution in [0.2, 0.25) is 5.02 Å². The van der Waals surface area contributed by atoms with Crippen molar-refractivity contribution in [3.8, 4) is 22.5 Å². The van der Waals surface area contributed by atoms with Gasteiger partial charge in [-0.15, -0.1) is 0 Å². The van der Waals surface area contributed by atoms with E-state index >= 15 is 0 Å². The van der Waals surface area contributed by atoms with Gasteiger partial charge in [0, 0.05) is 22.3 Å². The molecule has 7 heteroatoms. The Kier molecular flexibility index (Phi) is 2.68. The maximum absolute atomic E-state index is 5.92. The lowest BCUT2D eigenvalue weighted by atomic mass is 10.1.